The van der Waals surface area contributed by atoms with E-state index in [1.807, 2.05) is 0 Å². The normalized spacial score (nSPS) is 21.3. The molecule has 1 aromatic carbocycles. The van der Waals surface area contributed by atoms with Crippen LogP contribution in [0.15, 0.2) is 30.3 Å². The van der Waals surface area contributed by atoms with Crippen molar-refractivity contribution in [2.45, 2.75) is 32.2 Å². The summed E-state index contributed by atoms with van der Waals surface area (Å²) in [6, 6.07) is 10.6. The number of likely N-dealkylation sites (tertiary alicyclic amines) is 1. The highest BCUT2D eigenvalue weighted by atomic mass is 16.1. The summed E-state index contributed by atoms with van der Waals surface area (Å²) in [7, 11) is 0. The van der Waals surface area contributed by atoms with Crippen LogP contribution in [0, 0.1) is 5.92 Å². The van der Waals surface area contributed by atoms with E-state index in [9.17, 15) is 4.79 Å². The Morgan fingerprint density at radius 1 is 1.29 bits per heavy atom. The maximum absolute atomic E-state index is 10.4. The van der Waals surface area contributed by atoms with Crippen LogP contribution in [0.2, 0.25) is 0 Å². The Hall–Kier alpha value is -1.15. The fourth-order valence-electron chi connectivity index (χ4n) is 2.68. The molecule has 1 aliphatic heterocycles. The minimum absolute atomic E-state index is 0.720. The van der Waals surface area contributed by atoms with Crippen LogP contribution < -0.4 is 0 Å². The number of carbonyl (C=O) groups is 1. The monoisotopic (exact) mass is 231 g/mol. The van der Waals surface area contributed by atoms with Crippen molar-refractivity contribution in [3.8, 4) is 0 Å². The second-order valence-electron chi connectivity index (χ2n) is 4.97. The van der Waals surface area contributed by atoms with Gasteiger partial charge < -0.3 is 4.79 Å². The SMILES string of the molecule is O=CCCC1CCCN(Cc2ccccc2)C1. The lowest BCUT2D eigenvalue weighted by Gasteiger charge is -2.32. The second kappa shape index (κ2) is 6.55. The topological polar surface area (TPSA) is 20.3 Å². The van der Waals surface area contributed by atoms with E-state index in [0.717, 1.165) is 38.1 Å². The van der Waals surface area contributed by atoms with Crippen LogP contribution in [0.4, 0.5) is 0 Å². The summed E-state index contributed by atoms with van der Waals surface area (Å²) in [5.41, 5.74) is 1.39. The summed E-state index contributed by atoms with van der Waals surface area (Å²) < 4.78 is 0. The largest absolute Gasteiger partial charge is 0.303 e. The van der Waals surface area contributed by atoms with Crippen molar-refractivity contribution in [1.82, 2.24) is 4.90 Å². The smallest absolute Gasteiger partial charge is 0.120 e. The maximum Gasteiger partial charge on any atom is 0.120 e. The lowest BCUT2D eigenvalue weighted by atomic mass is 9.93. The average Bonchev–Trinajstić information content (AvgIpc) is 2.38. The number of carbonyl (C=O) groups excluding carboxylic acids is 1. The van der Waals surface area contributed by atoms with Gasteiger partial charge in [0.2, 0.25) is 0 Å². The molecule has 0 bridgehead atoms. The van der Waals surface area contributed by atoms with Gasteiger partial charge in [-0.15, -0.1) is 0 Å². The molecule has 1 unspecified atom stereocenters. The molecule has 92 valence electrons. The summed E-state index contributed by atoms with van der Waals surface area (Å²) >= 11 is 0. The predicted octanol–water partition coefficient (Wildman–Crippen LogP) is 2.88. The molecule has 0 amide bonds. The minimum Gasteiger partial charge on any atom is -0.303 e. The van der Waals surface area contributed by atoms with Crippen LogP contribution in [-0.2, 0) is 11.3 Å². The zero-order valence-corrected chi connectivity index (χ0v) is 10.3. The second-order valence-corrected chi connectivity index (χ2v) is 4.97. The number of hydrogen-bond acceptors (Lipinski definition) is 2. The van der Waals surface area contributed by atoms with Gasteiger partial charge in [0.05, 0.1) is 0 Å². The van der Waals surface area contributed by atoms with Crippen LogP contribution in [0.1, 0.15) is 31.2 Å². The van der Waals surface area contributed by atoms with Crippen molar-refractivity contribution in [3.05, 3.63) is 35.9 Å². The quantitative estimate of drug-likeness (QED) is 0.726. The summed E-state index contributed by atoms with van der Waals surface area (Å²) in [5, 5.41) is 0. The first-order chi connectivity index (χ1) is 8.38. The van der Waals surface area contributed by atoms with Gasteiger partial charge in [0.1, 0.15) is 6.29 Å². The first-order valence-electron chi connectivity index (χ1n) is 6.58. The molecule has 0 spiro atoms. The van der Waals surface area contributed by atoms with E-state index in [1.54, 1.807) is 0 Å². The molecule has 0 N–H and O–H groups in total. The fourth-order valence-corrected chi connectivity index (χ4v) is 2.68. The molecule has 17 heavy (non-hydrogen) atoms. The lowest BCUT2D eigenvalue weighted by Crippen LogP contribution is -2.34. The van der Waals surface area contributed by atoms with Gasteiger partial charge in [0.25, 0.3) is 0 Å². The molecule has 0 aliphatic carbocycles. The summed E-state index contributed by atoms with van der Waals surface area (Å²) in [6.07, 6.45) is 5.41. The van der Waals surface area contributed by atoms with E-state index in [1.165, 1.54) is 24.9 Å². The van der Waals surface area contributed by atoms with Gasteiger partial charge in [-0.2, -0.15) is 0 Å². The summed E-state index contributed by atoms with van der Waals surface area (Å²) in [4.78, 5) is 12.9. The molecule has 2 heteroatoms. The predicted molar refractivity (Wildman–Crippen MR) is 69.7 cm³/mol. The van der Waals surface area contributed by atoms with Crippen molar-refractivity contribution < 1.29 is 4.79 Å². The van der Waals surface area contributed by atoms with Crippen LogP contribution in [0.25, 0.3) is 0 Å². The van der Waals surface area contributed by atoms with E-state index < -0.39 is 0 Å². The lowest BCUT2D eigenvalue weighted by molar-refractivity contribution is -0.108. The standard InChI is InChI=1S/C15H21NO/c17-11-5-9-15-8-4-10-16(13-15)12-14-6-2-1-3-7-14/h1-3,6-7,11,15H,4-5,8-10,12-13H2. The molecule has 1 atom stereocenters. The molecule has 0 saturated carbocycles. The molecular formula is C15H21NO. The number of nitrogens with zero attached hydrogens (tertiary/aromatic N) is 1. The van der Waals surface area contributed by atoms with Crippen LogP contribution in [0.5, 0.6) is 0 Å². The Kier molecular flexibility index (Phi) is 4.75. The van der Waals surface area contributed by atoms with Crippen LogP contribution in [0.3, 0.4) is 0 Å². The molecule has 1 heterocycles. The molecule has 1 saturated heterocycles. The van der Waals surface area contributed by atoms with Crippen molar-refractivity contribution in [2.24, 2.45) is 5.92 Å². The Morgan fingerprint density at radius 2 is 2.12 bits per heavy atom. The molecular weight excluding hydrogens is 210 g/mol. The van der Waals surface area contributed by atoms with Crippen LogP contribution in [-0.4, -0.2) is 24.3 Å². The molecule has 2 nitrogen and oxygen atoms in total. The third-order valence-electron chi connectivity index (χ3n) is 3.54. The van der Waals surface area contributed by atoms with Crippen molar-refractivity contribution in [3.63, 3.8) is 0 Å². The molecule has 1 fully saturated rings. The highest BCUT2D eigenvalue weighted by molar-refractivity contribution is 5.49. The Morgan fingerprint density at radius 3 is 2.88 bits per heavy atom. The van der Waals surface area contributed by atoms with Gasteiger partial charge in [-0.05, 0) is 37.3 Å². The highest BCUT2D eigenvalue weighted by Gasteiger charge is 2.19. The van der Waals surface area contributed by atoms with Crippen LogP contribution >= 0.6 is 0 Å². The molecule has 2 rings (SSSR count). The van der Waals surface area contributed by atoms with E-state index in [0.29, 0.717) is 0 Å². The summed E-state index contributed by atoms with van der Waals surface area (Å²) in [5.74, 6) is 0.720. The van der Waals surface area contributed by atoms with Gasteiger partial charge in [-0.25, -0.2) is 0 Å². The molecule has 0 aromatic heterocycles. The highest BCUT2D eigenvalue weighted by Crippen LogP contribution is 2.21. The number of hydrogen-bond donors (Lipinski definition) is 0. The van der Waals surface area contributed by atoms with E-state index in [4.69, 9.17) is 0 Å². The van der Waals surface area contributed by atoms with Gasteiger partial charge in [0.15, 0.2) is 0 Å². The fraction of sp³-hybridized carbons (Fsp3) is 0.533. The zero-order chi connectivity index (χ0) is 11.9. The third-order valence-corrected chi connectivity index (χ3v) is 3.54. The third kappa shape index (κ3) is 3.97. The number of aldehydes is 1. The first-order valence-corrected chi connectivity index (χ1v) is 6.58. The van der Waals surface area contributed by atoms with Gasteiger partial charge in [-0.1, -0.05) is 30.3 Å². The Labute approximate surface area is 104 Å². The van der Waals surface area contributed by atoms with Crippen molar-refractivity contribution in [1.29, 1.82) is 0 Å². The average molecular weight is 231 g/mol. The van der Waals surface area contributed by atoms with Gasteiger partial charge in [0, 0.05) is 19.5 Å². The van der Waals surface area contributed by atoms with E-state index in [-0.39, 0.29) is 0 Å². The number of piperidine rings is 1. The van der Waals surface area contributed by atoms with Crippen molar-refractivity contribution >= 4 is 6.29 Å². The number of benzene rings is 1. The first kappa shape index (κ1) is 12.3. The maximum atomic E-state index is 10.4. The Bertz CT molecular complexity index is 336. The van der Waals surface area contributed by atoms with E-state index >= 15 is 0 Å². The minimum atomic E-state index is 0.720. The van der Waals surface area contributed by atoms with Gasteiger partial charge in [-0.3, -0.25) is 4.90 Å². The molecule has 1 aliphatic rings. The molecule has 1 aromatic rings. The summed E-state index contributed by atoms with van der Waals surface area (Å²) in [6.45, 7) is 3.41. The molecule has 0 radical (unpaired) electrons. The zero-order valence-electron chi connectivity index (χ0n) is 10.3. The Balaban J connectivity index is 1.83. The van der Waals surface area contributed by atoms with Gasteiger partial charge >= 0.3 is 0 Å². The van der Waals surface area contributed by atoms with Crippen molar-refractivity contribution in [2.75, 3.05) is 13.1 Å². The van der Waals surface area contributed by atoms with E-state index in [2.05, 4.69) is 35.2 Å². The number of rotatable bonds is 5.